The van der Waals surface area contributed by atoms with E-state index in [-0.39, 0.29) is 16.9 Å². The van der Waals surface area contributed by atoms with Crippen molar-refractivity contribution in [1.29, 1.82) is 0 Å². The number of ketones is 1. The molecule has 1 N–H and O–H groups in total. The molecule has 0 bridgehead atoms. The van der Waals surface area contributed by atoms with Gasteiger partial charge in [0.05, 0.1) is 5.56 Å². The number of fused-ring (bicyclic) bond motifs is 1. The van der Waals surface area contributed by atoms with Crippen molar-refractivity contribution in [2.45, 2.75) is 0 Å². The predicted octanol–water partition coefficient (Wildman–Crippen LogP) is 5.44. The Morgan fingerprint density at radius 1 is 0.593 bits per heavy atom. The van der Waals surface area contributed by atoms with Crippen molar-refractivity contribution >= 4 is 22.5 Å². The highest BCUT2D eigenvalue weighted by Crippen LogP contribution is 2.26. The van der Waals surface area contributed by atoms with Crippen LogP contribution in [0.3, 0.4) is 0 Å². The maximum atomic E-state index is 12.9. The van der Waals surface area contributed by atoms with E-state index in [0.29, 0.717) is 5.56 Å². The third-order valence-electron chi connectivity index (χ3n) is 4.61. The molecule has 0 aliphatic carbocycles. The number of rotatable bonds is 4. The highest BCUT2D eigenvalue weighted by atomic mass is 16.4. The van der Waals surface area contributed by atoms with Gasteiger partial charge in [0, 0.05) is 11.1 Å². The zero-order chi connectivity index (χ0) is 18.8. The molecule has 0 spiro atoms. The maximum absolute atomic E-state index is 12.9. The smallest absolute Gasteiger partial charge is 0.336 e. The van der Waals surface area contributed by atoms with Crippen molar-refractivity contribution in [2.75, 3.05) is 0 Å². The molecule has 4 rings (SSSR count). The molecule has 0 heterocycles. The number of carbonyl (C=O) groups is 2. The van der Waals surface area contributed by atoms with Crippen molar-refractivity contribution in [1.82, 2.24) is 0 Å². The second kappa shape index (κ2) is 6.89. The second-order valence-corrected chi connectivity index (χ2v) is 6.32. The van der Waals surface area contributed by atoms with Crippen LogP contribution in [0.15, 0.2) is 91.0 Å². The summed E-state index contributed by atoms with van der Waals surface area (Å²) < 4.78 is 0. The summed E-state index contributed by atoms with van der Waals surface area (Å²) in [5.41, 5.74) is 2.60. The molecule has 3 heteroatoms. The third kappa shape index (κ3) is 3.23. The summed E-state index contributed by atoms with van der Waals surface area (Å²) in [5, 5.41) is 11.6. The van der Waals surface area contributed by atoms with E-state index < -0.39 is 5.97 Å². The normalized spacial score (nSPS) is 10.7. The quantitative estimate of drug-likeness (QED) is 0.498. The molecular weight excluding hydrogens is 336 g/mol. The Bertz CT molecular complexity index is 1170. The van der Waals surface area contributed by atoms with Crippen LogP contribution in [0.4, 0.5) is 0 Å². The van der Waals surface area contributed by atoms with E-state index in [1.54, 1.807) is 24.3 Å². The molecule has 0 aliphatic rings. The molecule has 0 saturated carbocycles. The average molecular weight is 352 g/mol. The summed E-state index contributed by atoms with van der Waals surface area (Å²) in [4.78, 5) is 24.3. The summed E-state index contributed by atoms with van der Waals surface area (Å²) in [5.74, 6) is -1.40. The largest absolute Gasteiger partial charge is 0.478 e. The fraction of sp³-hybridized carbons (Fsp3) is 0. The van der Waals surface area contributed by atoms with E-state index in [9.17, 15) is 14.7 Å². The molecule has 0 aromatic heterocycles. The van der Waals surface area contributed by atoms with Crippen LogP contribution >= 0.6 is 0 Å². The van der Waals surface area contributed by atoms with Crippen LogP contribution in [0.2, 0.25) is 0 Å². The number of benzene rings is 4. The highest BCUT2D eigenvalue weighted by molar-refractivity contribution is 6.14. The summed E-state index contributed by atoms with van der Waals surface area (Å²) in [7, 11) is 0. The van der Waals surface area contributed by atoms with Crippen LogP contribution in [-0.4, -0.2) is 16.9 Å². The van der Waals surface area contributed by atoms with Gasteiger partial charge in [0.15, 0.2) is 5.78 Å². The lowest BCUT2D eigenvalue weighted by atomic mass is 9.95. The van der Waals surface area contributed by atoms with Gasteiger partial charge in [-0.15, -0.1) is 0 Å². The molecule has 4 aromatic rings. The Labute approximate surface area is 156 Å². The Balaban J connectivity index is 1.76. The van der Waals surface area contributed by atoms with Gasteiger partial charge in [-0.05, 0) is 40.1 Å². The standard InChI is InChI=1S/C24H16O3/c25-23(21-10-3-4-11-22(21)24(26)27)20-9-5-8-18(15-20)19-13-12-16-6-1-2-7-17(16)14-19/h1-15H,(H,26,27). The zero-order valence-electron chi connectivity index (χ0n) is 14.4. The van der Waals surface area contributed by atoms with Gasteiger partial charge in [0.2, 0.25) is 0 Å². The lowest BCUT2D eigenvalue weighted by molar-refractivity contribution is 0.0693. The van der Waals surface area contributed by atoms with Gasteiger partial charge in [-0.1, -0.05) is 72.8 Å². The van der Waals surface area contributed by atoms with Crippen molar-refractivity contribution in [2.24, 2.45) is 0 Å². The Kier molecular flexibility index (Phi) is 4.27. The second-order valence-electron chi connectivity index (χ2n) is 6.32. The summed E-state index contributed by atoms with van der Waals surface area (Å²) >= 11 is 0. The molecule has 0 fully saturated rings. The number of hydrogen-bond donors (Lipinski definition) is 1. The molecule has 3 nitrogen and oxygen atoms in total. The molecular formula is C24H16O3. The van der Waals surface area contributed by atoms with E-state index in [1.807, 2.05) is 36.4 Å². The molecule has 27 heavy (non-hydrogen) atoms. The lowest BCUT2D eigenvalue weighted by Crippen LogP contribution is -2.09. The van der Waals surface area contributed by atoms with E-state index in [2.05, 4.69) is 24.3 Å². The van der Waals surface area contributed by atoms with Crippen LogP contribution in [-0.2, 0) is 0 Å². The van der Waals surface area contributed by atoms with Crippen molar-refractivity contribution in [3.8, 4) is 11.1 Å². The van der Waals surface area contributed by atoms with Gasteiger partial charge in [-0.2, -0.15) is 0 Å². The topological polar surface area (TPSA) is 54.4 Å². The first-order chi connectivity index (χ1) is 13.1. The van der Waals surface area contributed by atoms with Gasteiger partial charge in [-0.3, -0.25) is 4.79 Å². The van der Waals surface area contributed by atoms with E-state index in [0.717, 1.165) is 21.9 Å². The number of carbonyl (C=O) groups excluding carboxylic acids is 1. The Morgan fingerprint density at radius 3 is 2.04 bits per heavy atom. The predicted molar refractivity (Wildman–Crippen MR) is 106 cm³/mol. The average Bonchev–Trinajstić information content (AvgIpc) is 2.73. The maximum Gasteiger partial charge on any atom is 0.336 e. The van der Waals surface area contributed by atoms with Gasteiger partial charge in [0.25, 0.3) is 0 Å². The number of carboxylic acid groups (broad SMARTS) is 1. The van der Waals surface area contributed by atoms with Crippen molar-refractivity contribution < 1.29 is 14.7 Å². The summed E-state index contributed by atoms with van der Waals surface area (Å²) in [6.07, 6.45) is 0. The lowest BCUT2D eigenvalue weighted by Gasteiger charge is -2.08. The van der Waals surface area contributed by atoms with Crippen molar-refractivity contribution in [3.63, 3.8) is 0 Å². The van der Waals surface area contributed by atoms with Gasteiger partial charge < -0.3 is 5.11 Å². The number of hydrogen-bond acceptors (Lipinski definition) is 2. The van der Waals surface area contributed by atoms with Crippen LogP contribution in [0.25, 0.3) is 21.9 Å². The number of carboxylic acids is 1. The molecule has 0 amide bonds. The zero-order valence-corrected chi connectivity index (χ0v) is 14.4. The Morgan fingerprint density at radius 2 is 1.26 bits per heavy atom. The van der Waals surface area contributed by atoms with Crippen molar-refractivity contribution in [3.05, 3.63) is 108 Å². The van der Waals surface area contributed by atoms with E-state index in [1.165, 1.54) is 6.07 Å². The first-order valence-corrected chi connectivity index (χ1v) is 8.60. The highest BCUT2D eigenvalue weighted by Gasteiger charge is 2.17. The molecule has 130 valence electrons. The third-order valence-corrected chi connectivity index (χ3v) is 4.61. The van der Waals surface area contributed by atoms with Crippen LogP contribution in [0.5, 0.6) is 0 Å². The van der Waals surface area contributed by atoms with Crippen LogP contribution in [0.1, 0.15) is 26.3 Å². The summed E-state index contributed by atoms with van der Waals surface area (Å²) in [6, 6.07) is 27.9. The van der Waals surface area contributed by atoms with Crippen LogP contribution < -0.4 is 0 Å². The van der Waals surface area contributed by atoms with E-state index in [4.69, 9.17) is 0 Å². The summed E-state index contributed by atoms with van der Waals surface area (Å²) in [6.45, 7) is 0. The van der Waals surface area contributed by atoms with E-state index >= 15 is 0 Å². The Hall–Kier alpha value is -3.72. The molecule has 0 unspecified atom stereocenters. The molecule has 0 saturated heterocycles. The minimum atomic E-state index is -1.11. The molecule has 4 aromatic carbocycles. The first kappa shape index (κ1) is 16.7. The fourth-order valence-corrected chi connectivity index (χ4v) is 3.23. The molecule has 0 aliphatic heterocycles. The van der Waals surface area contributed by atoms with Gasteiger partial charge in [0.1, 0.15) is 0 Å². The minimum Gasteiger partial charge on any atom is -0.478 e. The molecule has 0 radical (unpaired) electrons. The van der Waals surface area contributed by atoms with Gasteiger partial charge in [-0.25, -0.2) is 4.79 Å². The number of aromatic carboxylic acids is 1. The first-order valence-electron chi connectivity index (χ1n) is 8.60. The SMILES string of the molecule is O=C(O)c1ccccc1C(=O)c1cccc(-c2ccc3ccccc3c2)c1. The molecule has 0 atom stereocenters. The minimum absolute atomic E-state index is 0.0126. The van der Waals surface area contributed by atoms with Gasteiger partial charge >= 0.3 is 5.97 Å². The fourth-order valence-electron chi connectivity index (χ4n) is 3.23. The van der Waals surface area contributed by atoms with Crippen LogP contribution in [0, 0.1) is 0 Å². The monoisotopic (exact) mass is 352 g/mol.